The molecule has 2 N–H and O–H groups in total. The smallest absolute Gasteiger partial charge is 0.267 e. The van der Waals surface area contributed by atoms with Crippen molar-refractivity contribution in [3.63, 3.8) is 0 Å². The van der Waals surface area contributed by atoms with E-state index in [4.69, 9.17) is 4.74 Å². The first kappa shape index (κ1) is 19.0. The summed E-state index contributed by atoms with van der Waals surface area (Å²) < 4.78 is 5.32. The van der Waals surface area contributed by atoms with E-state index in [0.29, 0.717) is 0 Å². The molecule has 0 spiro atoms. The van der Waals surface area contributed by atoms with Gasteiger partial charge in [0.2, 0.25) is 0 Å². The van der Waals surface area contributed by atoms with Gasteiger partial charge in [-0.2, -0.15) is 5.26 Å². The lowest BCUT2D eigenvalue weighted by molar-refractivity contribution is -0.112. The minimum absolute atomic E-state index is 0.0762. The summed E-state index contributed by atoms with van der Waals surface area (Å²) in [6.07, 6.45) is 2.45. The number of hydrogen-bond acceptors (Lipinski definition) is 5. The van der Waals surface area contributed by atoms with Crippen LogP contribution in [0.3, 0.4) is 0 Å². The van der Waals surface area contributed by atoms with Crippen molar-refractivity contribution < 1.29 is 9.53 Å². The van der Waals surface area contributed by atoms with Gasteiger partial charge in [0.1, 0.15) is 11.6 Å². The summed E-state index contributed by atoms with van der Waals surface area (Å²) in [4.78, 5) is 14.6. The zero-order valence-electron chi connectivity index (χ0n) is 15.0. The van der Waals surface area contributed by atoms with Gasteiger partial charge in [-0.3, -0.25) is 9.69 Å². The lowest BCUT2D eigenvalue weighted by atomic mass is 10.1. The van der Waals surface area contributed by atoms with Crippen LogP contribution in [0.1, 0.15) is 17.5 Å². The van der Waals surface area contributed by atoms with Gasteiger partial charge >= 0.3 is 0 Å². The van der Waals surface area contributed by atoms with Crippen molar-refractivity contribution in [1.29, 1.82) is 5.26 Å². The topological polar surface area (TPSA) is 77.4 Å². The molecular weight excluding hydrogens is 316 g/mol. The number of amides is 1. The largest absolute Gasteiger partial charge is 0.390 e. The second-order valence-electron chi connectivity index (χ2n) is 6.13. The minimum atomic E-state index is -0.392. The molecule has 0 atom stereocenters. The quantitative estimate of drug-likeness (QED) is 0.450. The molecule has 1 amide bonds. The lowest BCUT2D eigenvalue weighted by Crippen LogP contribution is -2.37. The number of benzene rings is 1. The highest BCUT2D eigenvalue weighted by Crippen LogP contribution is 2.18. The van der Waals surface area contributed by atoms with Gasteiger partial charge in [0.15, 0.2) is 0 Å². The lowest BCUT2D eigenvalue weighted by Gasteiger charge is -2.26. The van der Waals surface area contributed by atoms with Crippen LogP contribution in [0.2, 0.25) is 0 Å². The minimum Gasteiger partial charge on any atom is -0.390 e. The number of hydrogen-bond donors (Lipinski definition) is 2. The van der Waals surface area contributed by atoms with E-state index >= 15 is 0 Å². The Morgan fingerprint density at radius 2 is 2.12 bits per heavy atom. The van der Waals surface area contributed by atoms with Gasteiger partial charge in [0.25, 0.3) is 5.91 Å². The summed E-state index contributed by atoms with van der Waals surface area (Å²) in [6, 6.07) is 7.67. The Morgan fingerprint density at radius 1 is 1.36 bits per heavy atom. The van der Waals surface area contributed by atoms with Crippen molar-refractivity contribution in [2.75, 3.05) is 44.7 Å². The molecule has 2 rings (SSSR count). The van der Waals surface area contributed by atoms with Crippen molar-refractivity contribution in [2.24, 2.45) is 0 Å². The second-order valence-corrected chi connectivity index (χ2v) is 6.13. The molecule has 1 heterocycles. The fourth-order valence-corrected chi connectivity index (χ4v) is 2.63. The van der Waals surface area contributed by atoms with E-state index in [-0.39, 0.29) is 5.57 Å². The van der Waals surface area contributed by atoms with E-state index in [9.17, 15) is 10.1 Å². The molecule has 1 aromatic rings. The Labute approximate surface area is 149 Å². The van der Waals surface area contributed by atoms with Gasteiger partial charge in [-0.25, -0.2) is 0 Å². The molecule has 6 nitrogen and oxygen atoms in total. The Morgan fingerprint density at radius 3 is 2.84 bits per heavy atom. The number of aryl methyl sites for hydroxylation is 1. The van der Waals surface area contributed by atoms with E-state index < -0.39 is 5.91 Å². The number of carbonyl (C=O) groups is 1. The SMILES string of the molecule is Cc1cccc(NC(=O)/C(C#N)=C\NCCCN2CCOCC2)c1C. The normalized spacial score (nSPS) is 15.5. The van der Waals surface area contributed by atoms with Crippen LogP contribution in [0.15, 0.2) is 30.0 Å². The van der Waals surface area contributed by atoms with Crippen LogP contribution in [0.5, 0.6) is 0 Å². The molecule has 0 bridgehead atoms. The number of ether oxygens (including phenoxy) is 1. The zero-order valence-corrected chi connectivity index (χ0v) is 15.0. The highest BCUT2D eigenvalue weighted by Gasteiger charge is 2.11. The zero-order chi connectivity index (χ0) is 18.1. The second kappa shape index (κ2) is 9.82. The van der Waals surface area contributed by atoms with Gasteiger partial charge in [-0.05, 0) is 44.0 Å². The third-order valence-electron chi connectivity index (χ3n) is 4.36. The highest BCUT2D eigenvalue weighted by atomic mass is 16.5. The number of nitriles is 1. The average Bonchev–Trinajstić information content (AvgIpc) is 2.63. The van der Waals surface area contributed by atoms with E-state index in [0.717, 1.165) is 62.6 Å². The van der Waals surface area contributed by atoms with E-state index in [1.807, 2.05) is 38.1 Å². The maximum absolute atomic E-state index is 12.3. The van der Waals surface area contributed by atoms with E-state index in [1.54, 1.807) is 0 Å². The van der Waals surface area contributed by atoms with Gasteiger partial charge in [-0.1, -0.05) is 12.1 Å². The van der Waals surface area contributed by atoms with Gasteiger partial charge in [0, 0.05) is 31.5 Å². The molecule has 1 aliphatic heterocycles. The number of morpholine rings is 1. The van der Waals surface area contributed by atoms with E-state index in [2.05, 4.69) is 15.5 Å². The molecule has 134 valence electrons. The molecule has 6 heteroatoms. The molecular formula is C19H26N4O2. The Kier molecular flexibility index (Phi) is 7.45. The first-order chi connectivity index (χ1) is 12.1. The van der Waals surface area contributed by atoms with Crippen molar-refractivity contribution in [2.45, 2.75) is 20.3 Å². The van der Waals surface area contributed by atoms with Crippen molar-refractivity contribution in [1.82, 2.24) is 10.2 Å². The van der Waals surface area contributed by atoms with Gasteiger partial charge in [0.05, 0.1) is 13.2 Å². The number of nitrogens with one attached hydrogen (secondary N) is 2. The summed E-state index contributed by atoms with van der Waals surface area (Å²) in [5, 5.41) is 15.1. The predicted octanol–water partition coefficient (Wildman–Crippen LogP) is 1.96. The van der Waals surface area contributed by atoms with Crippen LogP contribution in [0.4, 0.5) is 5.69 Å². The Balaban J connectivity index is 1.79. The molecule has 0 aliphatic carbocycles. The Bertz CT molecular complexity index is 658. The number of nitrogens with zero attached hydrogens (tertiary/aromatic N) is 2. The van der Waals surface area contributed by atoms with Crippen LogP contribution in [-0.2, 0) is 9.53 Å². The number of rotatable bonds is 7. The van der Waals surface area contributed by atoms with Crippen LogP contribution < -0.4 is 10.6 Å². The van der Waals surface area contributed by atoms with Crippen LogP contribution >= 0.6 is 0 Å². The van der Waals surface area contributed by atoms with Crippen LogP contribution in [-0.4, -0.2) is 50.2 Å². The Hall–Kier alpha value is -2.36. The molecule has 0 saturated carbocycles. The summed E-state index contributed by atoms with van der Waals surface area (Å²) in [5.41, 5.74) is 2.92. The summed E-state index contributed by atoms with van der Waals surface area (Å²) in [6.45, 7) is 9.18. The van der Waals surface area contributed by atoms with Crippen molar-refractivity contribution in [3.8, 4) is 6.07 Å². The fraction of sp³-hybridized carbons (Fsp3) is 0.474. The molecule has 0 unspecified atom stereocenters. The fourth-order valence-electron chi connectivity index (χ4n) is 2.63. The third kappa shape index (κ3) is 5.89. The summed E-state index contributed by atoms with van der Waals surface area (Å²) in [5.74, 6) is -0.392. The monoisotopic (exact) mass is 342 g/mol. The maximum Gasteiger partial charge on any atom is 0.267 e. The average molecular weight is 342 g/mol. The molecule has 25 heavy (non-hydrogen) atoms. The summed E-state index contributed by atoms with van der Waals surface area (Å²) in [7, 11) is 0. The van der Waals surface area contributed by atoms with Gasteiger partial charge in [-0.15, -0.1) is 0 Å². The molecule has 1 aromatic carbocycles. The van der Waals surface area contributed by atoms with Crippen molar-refractivity contribution in [3.05, 3.63) is 41.1 Å². The third-order valence-corrected chi connectivity index (χ3v) is 4.36. The van der Waals surface area contributed by atoms with Crippen molar-refractivity contribution >= 4 is 11.6 Å². The van der Waals surface area contributed by atoms with Gasteiger partial charge < -0.3 is 15.4 Å². The molecule has 1 saturated heterocycles. The van der Waals surface area contributed by atoms with E-state index in [1.165, 1.54) is 6.20 Å². The molecule has 1 fully saturated rings. The van der Waals surface area contributed by atoms with Crippen LogP contribution in [0, 0.1) is 25.2 Å². The predicted molar refractivity (Wildman–Crippen MR) is 98.1 cm³/mol. The highest BCUT2D eigenvalue weighted by molar-refractivity contribution is 6.06. The first-order valence-corrected chi connectivity index (χ1v) is 8.63. The molecule has 0 radical (unpaired) electrons. The standard InChI is InChI=1S/C19H26N4O2/c1-15-5-3-6-18(16(15)2)22-19(24)17(13-20)14-21-7-4-8-23-9-11-25-12-10-23/h3,5-6,14,21H,4,7-12H2,1-2H3,(H,22,24)/b17-14-. The molecule has 1 aliphatic rings. The van der Waals surface area contributed by atoms with Crippen LogP contribution in [0.25, 0.3) is 0 Å². The maximum atomic E-state index is 12.3. The summed E-state index contributed by atoms with van der Waals surface area (Å²) >= 11 is 0. The number of anilines is 1. The first-order valence-electron chi connectivity index (χ1n) is 8.63. The number of carbonyl (C=O) groups excluding carboxylic acids is 1. The molecule has 0 aromatic heterocycles.